The monoisotopic (exact) mass is 299 g/mol. The standard InChI is InChI=1S/C14H21NO6/c1-18-8-9(16)7-15-14(17)10-5-6-11(19-2)13(21-4)12(10)20-3/h5-6,9,16H,7-8H2,1-4H3,(H,15,17). The van der Waals surface area contributed by atoms with E-state index in [-0.39, 0.29) is 24.8 Å². The summed E-state index contributed by atoms with van der Waals surface area (Å²) in [6.07, 6.45) is -0.773. The van der Waals surface area contributed by atoms with E-state index >= 15 is 0 Å². The molecular weight excluding hydrogens is 278 g/mol. The number of nitrogens with one attached hydrogen (secondary N) is 1. The highest BCUT2D eigenvalue weighted by atomic mass is 16.5. The van der Waals surface area contributed by atoms with E-state index in [2.05, 4.69) is 5.32 Å². The summed E-state index contributed by atoms with van der Waals surface area (Å²) in [5.41, 5.74) is 0.291. The lowest BCUT2D eigenvalue weighted by Gasteiger charge is -2.16. The van der Waals surface area contributed by atoms with Gasteiger partial charge in [0.15, 0.2) is 11.5 Å². The van der Waals surface area contributed by atoms with Crippen LogP contribution < -0.4 is 19.5 Å². The van der Waals surface area contributed by atoms with Crippen LogP contribution in [0.1, 0.15) is 10.4 Å². The van der Waals surface area contributed by atoms with E-state index in [0.29, 0.717) is 17.1 Å². The lowest BCUT2D eigenvalue weighted by molar-refractivity contribution is 0.0609. The third-order valence-corrected chi connectivity index (χ3v) is 2.81. The summed E-state index contributed by atoms with van der Waals surface area (Å²) in [4.78, 5) is 12.2. The topological polar surface area (TPSA) is 86.3 Å². The number of carbonyl (C=O) groups is 1. The van der Waals surface area contributed by atoms with Crippen LogP contribution in [0.2, 0.25) is 0 Å². The molecular formula is C14H21NO6. The molecule has 1 amide bonds. The zero-order valence-corrected chi connectivity index (χ0v) is 12.6. The fraction of sp³-hybridized carbons (Fsp3) is 0.500. The zero-order chi connectivity index (χ0) is 15.8. The van der Waals surface area contributed by atoms with Crippen LogP contribution in [0, 0.1) is 0 Å². The van der Waals surface area contributed by atoms with Gasteiger partial charge in [-0.25, -0.2) is 0 Å². The number of rotatable bonds is 8. The van der Waals surface area contributed by atoms with E-state index in [1.807, 2.05) is 0 Å². The first kappa shape index (κ1) is 17.1. The quantitative estimate of drug-likeness (QED) is 0.725. The molecule has 7 heteroatoms. The van der Waals surface area contributed by atoms with Gasteiger partial charge in [-0.3, -0.25) is 4.79 Å². The van der Waals surface area contributed by atoms with Crippen LogP contribution in [0.3, 0.4) is 0 Å². The van der Waals surface area contributed by atoms with Crippen molar-refractivity contribution in [2.24, 2.45) is 0 Å². The van der Waals surface area contributed by atoms with Crippen molar-refractivity contribution >= 4 is 5.91 Å². The SMILES string of the molecule is COCC(O)CNC(=O)c1ccc(OC)c(OC)c1OC. The molecule has 1 unspecified atom stereocenters. The molecule has 1 aromatic rings. The number of methoxy groups -OCH3 is 4. The summed E-state index contributed by atoms with van der Waals surface area (Å²) in [5.74, 6) is 0.689. The van der Waals surface area contributed by atoms with Crippen LogP contribution in [-0.2, 0) is 4.74 Å². The summed E-state index contributed by atoms with van der Waals surface area (Å²) in [5, 5.41) is 12.1. The molecule has 21 heavy (non-hydrogen) atoms. The Bertz CT molecular complexity index is 477. The van der Waals surface area contributed by atoms with Crippen LogP contribution in [0.25, 0.3) is 0 Å². The maximum Gasteiger partial charge on any atom is 0.255 e. The minimum absolute atomic E-state index is 0.0736. The maximum atomic E-state index is 12.2. The Morgan fingerprint density at radius 2 is 1.81 bits per heavy atom. The molecule has 0 aliphatic rings. The van der Waals surface area contributed by atoms with Crippen molar-refractivity contribution < 1.29 is 28.8 Å². The van der Waals surface area contributed by atoms with Gasteiger partial charge < -0.3 is 29.4 Å². The van der Waals surface area contributed by atoms with Crippen molar-refractivity contribution in [3.8, 4) is 17.2 Å². The molecule has 2 N–H and O–H groups in total. The van der Waals surface area contributed by atoms with Gasteiger partial charge in [0.2, 0.25) is 5.75 Å². The average Bonchev–Trinajstić information content (AvgIpc) is 2.51. The fourth-order valence-corrected chi connectivity index (χ4v) is 1.84. The van der Waals surface area contributed by atoms with Gasteiger partial charge in [-0.15, -0.1) is 0 Å². The molecule has 0 bridgehead atoms. The number of aliphatic hydroxyl groups is 1. The first-order valence-electron chi connectivity index (χ1n) is 6.33. The van der Waals surface area contributed by atoms with Gasteiger partial charge in [0.05, 0.1) is 39.6 Å². The molecule has 0 aliphatic heterocycles. The molecule has 7 nitrogen and oxygen atoms in total. The van der Waals surface area contributed by atoms with Crippen molar-refractivity contribution in [1.29, 1.82) is 0 Å². The van der Waals surface area contributed by atoms with Crippen LogP contribution in [0.15, 0.2) is 12.1 Å². The first-order valence-corrected chi connectivity index (χ1v) is 6.33. The van der Waals surface area contributed by atoms with E-state index in [4.69, 9.17) is 18.9 Å². The minimum atomic E-state index is -0.773. The number of ether oxygens (including phenoxy) is 4. The van der Waals surface area contributed by atoms with Gasteiger partial charge in [0.25, 0.3) is 5.91 Å². The second-order valence-electron chi connectivity index (χ2n) is 4.20. The van der Waals surface area contributed by atoms with Crippen molar-refractivity contribution in [3.63, 3.8) is 0 Å². The molecule has 1 atom stereocenters. The summed E-state index contributed by atoms with van der Waals surface area (Å²) in [7, 11) is 5.87. The Morgan fingerprint density at radius 1 is 1.14 bits per heavy atom. The lowest BCUT2D eigenvalue weighted by atomic mass is 10.1. The molecule has 0 saturated heterocycles. The van der Waals surface area contributed by atoms with Crippen molar-refractivity contribution in [3.05, 3.63) is 17.7 Å². The lowest BCUT2D eigenvalue weighted by Crippen LogP contribution is -2.34. The molecule has 0 saturated carbocycles. The number of carbonyl (C=O) groups excluding carboxylic acids is 1. The molecule has 0 heterocycles. The summed E-state index contributed by atoms with van der Waals surface area (Å²) >= 11 is 0. The number of hydrogen-bond donors (Lipinski definition) is 2. The van der Waals surface area contributed by atoms with E-state index in [9.17, 15) is 9.90 Å². The highest BCUT2D eigenvalue weighted by molar-refractivity contribution is 5.98. The van der Waals surface area contributed by atoms with Crippen LogP contribution >= 0.6 is 0 Å². The van der Waals surface area contributed by atoms with E-state index in [0.717, 1.165) is 0 Å². The molecule has 0 spiro atoms. The maximum absolute atomic E-state index is 12.2. The largest absolute Gasteiger partial charge is 0.493 e. The van der Waals surface area contributed by atoms with Crippen molar-refractivity contribution in [2.45, 2.75) is 6.10 Å². The number of benzene rings is 1. The van der Waals surface area contributed by atoms with Crippen molar-refractivity contribution in [1.82, 2.24) is 5.32 Å². The van der Waals surface area contributed by atoms with Gasteiger partial charge in [-0.1, -0.05) is 0 Å². The van der Waals surface area contributed by atoms with Gasteiger partial charge >= 0.3 is 0 Å². The Labute approximate surface area is 123 Å². The predicted molar refractivity (Wildman–Crippen MR) is 76.3 cm³/mol. The molecule has 118 valence electrons. The first-order chi connectivity index (χ1) is 10.1. The number of hydrogen-bond acceptors (Lipinski definition) is 6. The summed E-state index contributed by atoms with van der Waals surface area (Å²) < 4.78 is 20.4. The average molecular weight is 299 g/mol. The molecule has 0 aromatic heterocycles. The third-order valence-electron chi connectivity index (χ3n) is 2.81. The second-order valence-corrected chi connectivity index (χ2v) is 4.20. The van der Waals surface area contributed by atoms with Crippen LogP contribution in [-0.4, -0.2) is 58.7 Å². The summed E-state index contributed by atoms with van der Waals surface area (Å²) in [6.45, 7) is 0.216. The second kappa shape index (κ2) is 8.33. The Balaban J connectivity index is 2.94. The van der Waals surface area contributed by atoms with E-state index in [1.54, 1.807) is 12.1 Å². The molecule has 0 fully saturated rings. The molecule has 1 aromatic carbocycles. The van der Waals surface area contributed by atoms with Gasteiger partial charge in [-0.05, 0) is 12.1 Å². The molecule has 1 rings (SSSR count). The Morgan fingerprint density at radius 3 is 2.33 bits per heavy atom. The van der Waals surface area contributed by atoms with E-state index in [1.165, 1.54) is 28.4 Å². The smallest absolute Gasteiger partial charge is 0.255 e. The van der Waals surface area contributed by atoms with Crippen LogP contribution in [0.5, 0.6) is 17.2 Å². The van der Waals surface area contributed by atoms with Gasteiger partial charge in [-0.2, -0.15) is 0 Å². The summed E-state index contributed by atoms with van der Waals surface area (Å²) in [6, 6.07) is 3.18. The predicted octanol–water partition coefficient (Wildman–Crippen LogP) is 0.449. The van der Waals surface area contributed by atoms with Crippen molar-refractivity contribution in [2.75, 3.05) is 41.6 Å². The minimum Gasteiger partial charge on any atom is -0.493 e. The highest BCUT2D eigenvalue weighted by Gasteiger charge is 2.20. The fourth-order valence-electron chi connectivity index (χ4n) is 1.84. The third kappa shape index (κ3) is 4.24. The van der Waals surface area contributed by atoms with E-state index < -0.39 is 6.10 Å². The highest BCUT2D eigenvalue weighted by Crippen LogP contribution is 2.39. The Hall–Kier alpha value is -1.99. The normalized spacial score (nSPS) is 11.7. The molecule has 0 radical (unpaired) electrons. The van der Waals surface area contributed by atoms with Crippen LogP contribution in [0.4, 0.5) is 0 Å². The Kier molecular flexibility index (Phi) is 6.77. The van der Waals surface area contributed by atoms with Gasteiger partial charge in [0, 0.05) is 13.7 Å². The van der Waals surface area contributed by atoms with Gasteiger partial charge in [0.1, 0.15) is 0 Å². The number of aliphatic hydroxyl groups excluding tert-OH is 1. The zero-order valence-electron chi connectivity index (χ0n) is 12.6. The number of amides is 1. The molecule has 0 aliphatic carbocycles.